The second-order valence-corrected chi connectivity index (χ2v) is 6.48. The number of hydrogen-bond acceptors (Lipinski definition) is 3. The largest absolute Gasteiger partial charge is 0.441 e. The molecular weight excluding hydrogens is 324 g/mol. The third kappa shape index (κ3) is 4.06. The van der Waals surface area contributed by atoms with Gasteiger partial charge in [-0.3, -0.25) is 4.79 Å². The van der Waals surface area contributed by atoms with Crippen LogP contribution in [0.15, 0.2) is 40.3 Å². The first kappa shape index (κ1) is 16.8. The molecule has 2 aromatic rings. The molecule has 1 amide bonds. The predicted molar refractivity (Wildman–Crippen MR) is 95.2 cm³/mol. The van der Waals surface area contributed by atoms with Gasteiger partial charge in [0.1, 0.15) is 5.76 Å². The van der Waals surface area contributed by atoms with Crippen LogP contribution in [0.5, 0.6) is 0 Å². The van der Waals surface area contributed by atoms with Gasteiger partial charge in [0.25, 0.3) is 5.91 Å². The summed E-state index contributed by atoms with van der Waals surface area (Å²) in [6.45, 7) is 2.39. The van der Waals surface area contributed by atoms with E-state index in [0.717, 1.165) is 24.8 Å². The normalized spacial score (nSPS) is 14.3. The highest BCUT2D eigenvalue weighted by molar-refractivity contribution is 6.30. The molecule has 1 aliphatic carbocycles. The summed E-state index contributed by atoms with van der Waals surface area (Å²) in [6, 6.07) is 7.19. The van der Waals surface area contributed by atoms with Crippen LogP contribution in [-0.4, -0.2) is 17.4 Å². The van der Waals surface area contributed by atoms with Crippen molar-refractivity contribution in [1.29, 1.82) is 0 Å². The maximum atomic E-state index is 12.3. The maximum Gasteiger partial charge on any atom is 0.273 e. The summed E-state index contributed by atoms with van der Waals surface area (Å²) in [4.78, 5) is 16.7. The van der Waals surface area contributed by atoms with Crippen LogP contribution in [0, 0.1) is 6.92 Å². The molecule has 1 heterocycles. The van der Waals surface area contributed by atoms with Crippen LogP contribution in [-0.2, 0) is 0 Å². The number of allylic oxidation sites excluding steroid dienone is 1. The second-order valence-electron chi connectivity index (χ2n) is 6.04. The Morgan fingerprint density at radius 3 is 2.79 bits per heavy atom. The van der Waals surface area contributed by atoms with Crippen molar-refractivity contribution in [2.45, 2.75) is 39.0 Å². The van der Waals surface area contributed by atoms with Crippen molar-refractivity contribution in [3.8, 4) is 11.5 Å². The number of oxazole rings is 1. The quantitative estimate of drug-likeness (QED) is 0.783. The number of aromatic nitrogens is 1. The fourth-order valence-electron chi connectivity index (χ4n) is 2.88. The third-order valence-corrected chi connectivity index (χ3v) is 4.47. The molecule has 1 aliphatic rings. The number of hydrogen-bond donors (Lipinski definition) is 1. The summed E-state index contributed by atoms with van der Waals surface area (Å²) in [6.07, 6.45) is 8.06. The van der Waals surface area contributed by atoms with Gasteiger partial charge in [0, 0.05) is 17.1 Å². The molecule has 0 atom stereocenters. The topological polar surface area (TPSA) is 55.1 Å². The number of carbonyl (C=O) groups excluding carboxylic acids is 1. The SMILES string of the molecule is Cc1oc(-c2ccc(Cl)cc2)nc1C(=O)NCCC1=CCCCC1. The van der Waals surface area contributed by atoms with E-state index in [0.29, 0.717) is 28.9 Å². The molecule has 0 bridgehead atoms. The summed E-state index contributed by atoms with van der Waals surface area (Å²) in [5, 5.41) is 3.59. The van der Waals surface area contributed by atoms with E-state index in [2.05, 4.69) is 16.4 Å². The van der Waals surface area contributed by atoms with Crippen LogP contribution >= 0.6 is 11.6 Å². The lowest BCUT2D eigenvalue weighted by Gasteiger charge is -2.12. The second kappa shape index (κ2) is 7.67. The number of nitrogens with one attached hydrogen (secondary N) is 1. The molecule has 24 heavy (non-hydrogen) atoms. The molecule has 0 saturated heterocycles. The molecule has 1 N–H and O–H groups in total. The van der Waals surface area contributed by atoms with Crippen LogP contribution in [0.25, 0.3) is 11.5 Å². The minimum atomic E-state index is -0.187. The number of benzene rings is 1. The van der Waals surface area contributed by atoms with Crippen LogP contribution < -0.4 is 5.32 Å². The molecule has 5 heteroatoms. The molecule has 0 unspecified atom stereocenters. The average Bonchev–Trinajstić information content (AvgIpc) is 2.98. The molecule has 0 radical (unpaired) electrons. The molecule has 0 saturated carbocycles. The van der Waals surface area contributed by atoms with E-state index in [1.807, 2.05) is 12.1 Å². The fourth-order valence-corrected chi connectivity index (χ4v) is 3.00. The lowest BCUT2D eigenvalue weighted by molar-refractivity contribution is 0.0948. The Morgan fingerprint density at radius 1 is 1.29 bits per heavy atom. The Hall–Kier alpha value is -2.07. The molecule has 126 valence electrons. The van der Waals surface area contributed by atoms with Gasteiger partial charge >= 0.3 is 0 Å². The van der Waals surface area contributed by atoms with Gasteiger partial charge in [-0.2, -0.15) is 0 Å². The van der Waals surface area contributed by atoms with Crippen molar-refractivity contribution in [2.24, 2.45) is 0 Å². The van der Waals surface area contributed by atoms with Crippen LogP contribution in [0.3, 0.4) is 0 Å². The van der Waals surface area contributed by atoms with Crippen molar-refractivity contribution in [3.63, 3.8) is 0 Å². The standard InChI is InChI=1S/C19H21ClN2O2/c1-13-17(18(23)21-12-11-14-5-3-2-4-6-14)22-19(24-13)15-7-9-16(20)10-8-15/h5,7-10H,2-4,6,11-12H2,1H3,(H,21,23). The summed E-state index contributed by atoms with van der Waals surface area (Å²) < 4.78 is 5.63. The lowest BCUT2D eigenvalue weighted by atomic mass is 9.97. The first-order valence-corrected chi connectivity index (χ1v) is 8.71. The van der Waals surface area contributed by atoms with Crippen molar-refractivity contribution in [1.82, 2.24) is 10.3 Å². The Kier molecular flexibility index (Phi) is 5.36. The first-order chi connectivity index (χ1) is 11.6. The van der Waals surface area contributed by atoms with E-state index < -0.39 is 0 Å². The zero-order valence-electron chi connectivity index (χ0n) is 13.8. The van der Waals surface area contributed by atoms with Crippen molar-refractivity contribution in [3.05, 3.63) is 52.4 Å². The highest BCUT2D eigenvalue weighted by atomic mass is 35.5. The molecule has 1 aromatic carbocycles. The Labute approximate surface area is 146 Å². The monoisotopic (exact) mass is 344 g/mol. The van der Waals surface area contributed by atoms with E-state index >= 15 is 0 Å². The molecular formula is C19H21ClN2O2. The van der Waals surface area contributed by atoms with E-state index in [-0.39, 0.29) is 5.91 Å². The van der Waals surface area contributed by atoms with Crippen LogP contribution in [0.4, 0.5) is 0 Å². The molecule has 3 rings (SSSR count). The predicted octanol–water partition coefficient (Wildman–Crippen LogP) is 4.92. The van der Waals surface area contributed by atoms with E-state index in [1.54, 1.807) is 19.1 Å². The average molecular weight is 345 g/mol. The summed E-state index contributed by atoms with van der Waals surface area (Å²) in [5.74, 6) is 0.770. The number of carbonyl (C=O) groups is 1. The van der Waals surface area contributed by atoms with E-state index in [4.69, 9.17) is 16.0 Å². The fraction of sp³-hybridized carbons (Fsp3) is 0.368. The van der Waals surface area contributed by atoms with Crippen molar-refractivity contribution >= 4 is 17.5 Å². The molecule has 0 fully saturated rings. The number of amides is 1. The molecule has 0 spiro atoms. The minimum Gasteiger partial charge on any atom is -0.441 e. The van der Waals surface area contributed by atoms with Gasteiger partial charge in [0.15, 0.2) is 5.69 Å². The van der Waals surface area contributed by atoms with Gasteiger partial charge in [0.05, 0.1) is 0 Å². The molecule has 4 nitrogen and oxygen atoms in total. The number of nitrogens with zero attached hydrogens (tertiary/aromatic N) is 1. The summed E-state index contributed by atoms with van der Waals surface area (Å²) in [7, 11) is 0. The van der Waals surface area contributed by atoms with Gasteiger partial charge in [-0.1, -0.05) is 23.3 Å². The zero-order chi connectivity index (χ0) is 16.9. The van der Waals surface area contributed by atoms with Gasteiger partial charge in [-0.15, -0.1) is 0 Å². The Morgan fingerprint density at radius 2 is 2.08 bits per heavy atom. The number of aryl methyl sites for hydroxylation is 1. The first-order valence-electron chi connectivity index (χ1n) is 8.33. The van der Waals surface area contributed by atoms with E-state index in [9.17, 15) is 4.79 Å². The molecule has 0 aliphatic heterocycles. The number of rotatable bonds is 5. The zero-order valence-corrected chi connectivity index (χ0v) is 14.5. The minimum absolute atomic E-state index is 0.187. The summed E-state index contributed by atoms with van der Waals surface area (Å²) in [5.41, 5.74) is 2.59. The highest BCUT2D eigenvalue weighted by Crippen LogP contribution is 2.23. The highest BCUT2D eigenvalue weighted by Gasteiger charge is 2.18. The lowest BCUT2D eigenvalue weighted by Crippen LogP contribution is -2.25. The Balaban J connectivity index is 1.62. The third-order valence-electron chi connectivity index (χ3n) is 4.22. The van der Waals surface area contributed by atoms with Gasteiger partial charge in [-0.25, -0.2) is 4.98 Å². The van der Waals surface area contributed by atoms with Crippen LogP contribution in [0.1, 0.15) is 48.4 Å². The van der Waals surface area contributed by atoms with Gasteiger partial charge in [0.2, 0.25) is 5.89 Å². The van der Waals surface area contributed by atoms with Gasteiger partial charge < -0.3 is 9.73 Å². The van der Waals surface area contributed by atoms with Gasteiger partial charge in [-0.05, 0) is 63.3 Å². The number of halogens is 1. The van der Waals surface area contributed by atoms with Crippen molar-refractivity contribution < 1.29 is 9.21 Å². The molecule has 1 aromatic heterocycles. The van der Waals surface area contributed by atoms with Crippen molar-refractivity contribution in [2.75, 3.05) is 6.54 Å². The maximum absolute atomic E-state index is 12.3. The van der Waals surface area contributed by atoms with Crippen LogP contribution in [0.2, 0.25) is 5.02 Å². The van der Waals surface area contributed by atoms with E-state index in [1.165, 1.54) is 18.4 Å². The smallest absolute Gasteiger partial charge is 0.273 e. The Bertz CT molecular complexity index is 747. The summed E-state index contributed by atoms with van der Waals surface area (Å²) >= 11 is 5.89.